The lowest BCUT2D eigenvalue weighted by molar-refractivity contribution is -0.133. The second-order valence-corrected chi connectivity index (χ2v) is 7.05. The minimum absolute atomic E-state index is 0.00757. The smallest absolute Gasteiger partial charge is 0.265 e. The van der Waals surface area contributed by atoms with Crippen LogP contribution < -0.4 is 9.64 Å². The van der Waals surface area contributed by atoms with E-state index in [0.717, 1.165) is 39.1 Å². The van der Waals surface area contributed by atoms with Crippen molar-refractivity contribution in [3.05, 3.63) is 24.3 Å². The number of benzene rings is 1. The van der Waals surface area contributed by atoms with Gasteiger partial charge < -0.3 is 14.4 Å². The monoisotopic (exact) mass is 359 g/mol. The molecule has 0 radical (unpaired) electrons. The Labute approximate surface area is 153 Å². The van der Waals surface area contributed by atoms with Gasteiger partial charge in [0.15, 0.2) is 6.61 Å². The predicted molar refractivity (Wildman–Crippen MR) is 96.3 cm³/mol. The number of amides is 2. The van der Waals surface area contributed by atoms with Crippen LogP contribution in [-0.4, -0.2) is 80.2 Å². The van der Waals surface area contributed by atoms with Crippen LogP contribution in [0.4, 0.5) is 5.69 Å². The third kappa shape index (κ3) is 3.68. The normalized spacial score (nSPS) is 23.7. The standard InChI is InChI=1S/C19H25N3O4/c23-18(13-22-16-5-1-2-6-17(16)26-14-19(22)24)21-9-7-20(8-10-21)12-15-4-3-11-25-15/h1-2,5-6,15H,3-4,7-14H2. The molecule has 140 valence electrons. The number of anilines is 1. The van der Waals surface area contributed by atoms with E-state index in [0.29, 0.717) is 30.6 Å². The molecule has 0 aliphatic carbocycles. The lowest BCUT2D eigenvalue weighted by atomic mass is 10.2. The minimum Gasteiger partial charge on any atom is -0.482 e. The van der Waals surface area contributed by atoms with Gasteiger partial charge in [-0.2, -0.15) is 0 Å². The first-order chi connectivity index (χ1) is 12.7. The predicted octanol–water partition coefficient (Wildman–Crippen LogP) is 0.735. The molecule has 7 heteroatoms. The summed E-state index contributed by atoms with van der Waals surface area (Å²) in [7, 11) is 0. The summed E-state index contributed by atoms with van der Waals surface area (Å²) in [6.45, 7) is 5.01. The van der Waals surface area contributed by atoms with Gasteiger partial charge in [0.05, 0.1) is 11.8 Å². The molecule has 0 saturated carbocycles. The van der Waals surface area contributed by atoms with E-state index >= 15 is 0 Å². The number of rotatable bonds is 4. The van der Waals surface area contributed by atoms with E-state index in [4.69, 9.17) is 9.47 Å². The van der Waals surface area contributed by atoms with E-state index in [9.17, 15) is 9.59 Å². The second-order valence-electron chi connectivity index (χ2n) is 7.05. The third-order valence-electron chi connectivity index (χ3n) is 5.31. The molecule has 2 amide bonds. The van der Waals surface area contributed by atoms with Gasteiger partial charge in [0.25, 0.3) is 5.91 Å². The Bertz CT molecular complexity index is 667. The van der Waals surface area contributed by atoms with E-state index in [1.54, 1.807) is 4.90 Å². The van der Waals surface area contributed by atoms with Crippen molar-refractivity contribution in [1.29, 1.82) is 0 Å². The summed E-state index contributed by atoms with van der Waals surface area (Å²) in [6, 6.07) is 7.35. The fraction of sp³-hybridized carbons (Fsp3) is 0.579. The maximum Gasteiger partial charge on any atom is 0.265 e. The zero-order chi connectivity index (χ0) is 17.9. The summed E-state index contributed by atoms with van der Waals surface area (Å²) in [5.74, 6) is 0.474. The number of hydrogen-bond donors (Lipinski definition) is 0. The van der Waals surface area contributed by atoms with Gasteiger partial charge in [-0.3, -0.25) is 19.4 Å². The Hall–Kier alpha value is -2.12. The minimum atomic E-state index is -0.172. The molecular formula is C19H25N3O4. The Kier molecular flexibility index (Phi) is 5.08. The van der Waals surface area contributed by atoms with Gasteiger partial charge in [-0.1, -0.05) is 12.1 Å². The molecule has 7 nitrogen and oxygen atoms in total. The molecule has 4 rings (SSSR count). The van der Waals surface area contributed by atoms with Gasteiger partial charge in [0.1, 0.15) is 12.3 Å². The fourth-order valence-corrected chi connectivity index (χ4v) is 3.82. The molecule has 1 aromatic carbocycles. The molecule has 2 fully saturated rings. The summed E-state index contributed by atoms with van der Waals surface area (Å²) in [5, 5.41) is 0. The van der Waals surface area contributed by atoms with Crippen molar-refractivity contribution in [2.24, 2.45) is 0 Å². The van der Waals surface area contributed by atoms with Crippen molar-refractivity contribution in [2.45, 2.75) is 18.9 Å². The van der Waals surface area contributed by atoms with Crippen molar-refractivity contribution in [3.8, 4) is 5.75 Å². The Balaban J connectivity index is 1.32. The van der Waals surface area contributed by atoms with E-state index in [-0.39, 0.29) is 25.0 Å². The average Bonchev–Trinajstić information content (AvgIpc) is 3.17. The highest BCUT2D eigenvalue weighted by molar-refractivity contribution is 6.02. The zero-order valence-electron chi connectivity index (χ0n) is 14.9. The molecule has 0 spiro atoms. The number of ether oxygens (including phenoxy) is 2. The van der Waals surface area contributed by atoms with Crippen LogP contribution in [0.2, 0.25) is 0 Å². The number of para-hydroxylation sites is 2. The summed E-state index contributed by atoms with van der Waals surface area (Å²) < 4.78 is 11.1. The van der Waals surface area contributed by atoms with Crippen LogP contribution >= 0.6 is 0 Å². The molecule has 0 aromatic heterocycles. The van der Waals surface area contributed by atoms with Crippen molar-refractivity contribution in [1.82, 2.24) is 9.80 Å². The SMILES string of the molecule is O=C(CN1C(=O)COc2ccccc21)N1CCN(CC2CCCO2)CC1. The van der Waals surface area contributed by atoms with Gasteiger partial charge in [-0.15, -0.1) is 0 Å². The second kappa shape index (κ2) is 7.63. The highest BCUT2D eigenvalue weighted by Crippen LogP contribution is 2.31. The van der Waals surface area contributed by atoms with Crippen molar-refractivity contribution >= 4 is 17.5 Å². The summed E-state index contributed by atoms with van der Waals surface area (Å²) >= 11 is 0. The third-order valence-corrected chi connectivity index (χ3v) is 5.31. The van der Waals surface area contributed by atoms with Crippen molar-refractivity contribution < 1.29 is 19.1 Å². The maximum atomic E-state index is 12.7. The van der Waals surface area contributed by atoms with E-state index < -0.39 is 0 Å². The van der Waals surface area contributed by atoms with E-state index in [2.05, 4.69) is 4.90 Å². The van der Waals surface area contributed by atoms with Crippen LogP contribution in [0.5, 0.6) is 5.75 Å². The molecule has 3 heterocycles. The fourth-order valence-electron chi connectivity index (χ4n) is 3.82. The molecule has 3 aliphatic rings. The lowest BCUT2D eigenvalue weighted by Gasteiger charge is -2.37. The number of carbonyl (C=O) groups excluding carboxylic acids is 2. The number of nitrogens with zero attached hydrogens (tertiary/aromatic N) is 3. The molecule has 0 N–H and O–H groups in total. The van der Waals surface area contributed by atoms with Gasteiger partial charge in [-0.05, 0) is 25.0 Å². The molecular weight excluding hydrogens is 334 g/mol. The topological polar surface area (TPSA) is 62.3 Å². The van der Waals surface area contributed by atoms with Crippen LogP contribution in [0.15, 0.2) is 24.3 Å². The van der Waals surface area contributed by atoms with Crippen LogP contribution in [0.3, 0.4) is 0 Å². The molecule has 3 aliphatic heterocycles. The number of piperazine rings is 1. The van der Waals surface area contributed by atoms with Crippen molar-refractivity contribution in [2.75, 3.05) is 57.4 Å². The van der Waals surface area contributed by atoms with Gasteiger partial charge in [0, 0.05) is 39.3 Å². The lowest BCUT2D eigenvalue weighted by Crippen LogP contribution is -2.53. The van der Waals surface area contributed by atoms with Crippen molar-refractivity contribution in [3.63, 3.8) is 0 Å². The first kappa shape index (κ1) is 17.3. The first-order valence-electron chi connectivity index (χ1n) is 9.34. The number of fused-ring (bicyclic) bond motifs is 1. The highest BCUT2D eigenvalue weighted by atomic mass is 16.5. The highest BCUT2D eigenvalue weighted by Gasteiger charge is 2.30. The van der Waals surface area contributed by atoms with Crippen LogP contribution in [0.25, 0.3) is 0 Å². The van der Waals surface area contributed by atoms with Crippen LogP contribution in [0.1, 0.15) is 12.8 Å². The average molecular weight is 359 g/mol. The summed E-state index contributed by atoms with van der Waals surface area (Å²) in [5.41, 5.74) is 0.675. The molecule has 1 aromatic rings. The molecule has 1 atom stereocenters. The number of carbonyl (C=O) groups is 2. The molecule has 2 saturated heterocycles. The largest absolute Gasteiger partial charge is 0.482 e. The first-order valence-corrected chi connectivity index (χ1v) is 9.34. The summed E-state index contributed by atoms with van der Waals surface area (Å²) in [6.07, 6.45) is 2.63. The van der Waals surface area contributed by atoms with Gasteiger partial charge in [0.2, 0.25) is 5.91 Å². The van der Waals surface area contributed by atoms with Gasteiger partial charge in [-0.25, -0.2) is 0 Å². The summed E-state index contributed by atoms with van der Waals surface area (Å²) in [4.78, 5) is 30.7. The van der Waals surface area contributed by atoms with E-state index in [1.165, 1.54) is 0 Å². The number of hydrogen-bond acceptors (Lipinski definition) is 5. The molecule has 26 heavy (non-hydrogen) atoms. The van der Waals surface area contributed by atoms with Gasteiger partial charge >= 0.3 is 0 Å². The molecule has 1 unspecified atom stereocenters. The van der Waals surface area contributed by atoms with Crippen LogP contribution in [-0.2, 0) is 14.3 Å². The van der Waals surface area contributed by atoms with E-state index in [1.807, 2.05) is 29.2 Å². The maximum absolute atomic E-state index is 12.7. The Morgan fingerprint density at radius 2 is 1.96 bits per heavy atom. The Morgan fingerprint density at radius 3 is 2.73 bits per heavy atom. The molecule has 0 bridgehead atoms. The quantitative estimate of drug-likeness (QED) is 0.793. The Morgan fingerprint density at radius 1 is 1.15 bits per heavy atom. The zero-order valence-corrected chi connectivity index (χ0v) is 14.9. The van der Waals surface area contributed by atoms with Crippen LogP contribution in [0, 0.1) is 0 Å².